The molecule has 0 fully saturated rings. The number of aryl methyl sites for hydroxylation is 3. The maximum Gasteiger partial charge on any atom is 0.356 e. The Morgan fingerprint density at radius 1 is 1.19 bits per heavy atom. The van der Waals surface area contributed by atoms with E-state index in [9.17, 15) is 4.79 Å². The van der Waals surface area contributed by atoms with Crippen molar-refractivity contribution in [2.45, 2.75) is 20.8 Å². The van der Waals surface area contributed by atoms with Gasteiger partial charge in [0.05, 0.1) is 0 Å². The van der Waals surface area contributed by atoms with Gasteiger partial charge >= 0.3 is 5.69 Å². The van der Waals surface area contributed by atoms with Crippen molar-refractivity contribution in [1.29, 1.82) is 0 Å². The lowest BCUT2D eigenvalue weighted by atomic mass is 10.1. The van der Waals surface area contributed by atoms with Gasteiger partial charge in [0, 0.05) is 12.7 Å². The third-order valence-electron chi connectivity index (χ3n) is 2.73. The van der Waals surface area contributed by atoms with Crippen molar-refractivity contribution >= 4 is 11.6 Å². The van der Waals surface area contributed by atoms with Crippen LogP contribution in [0.15, 0.2) is 10.9 Å². The SMILES string of the molecule is CNc1nc(=O)n2c(C)c(C)cc(C)c2n1. The molecule has 2 aromatic rings. The molecule has 0 unspecified atom stereocenters. The predicted molar refractivity (Wildman–Crippen MR) is 63.0 cm³/mol. The summed E-state index contributed by atoms with van der Waals surface area (Å²) in [6.07, 6.45) is 0. The van der Waals surface area contributed by atoms with Gasteiger partial charge in [-0.1, -0.05) is 6.07 Å². The Labute approximate surface area is 93.2 Å². The van der Waals surface area contributed by atoms with E-state index >= 15 is 0 Å². The largest absolute Gasteiger partial charge is 0.357 e. The number of hydrogen-bond donors (Lipinski definition) is 1. The van der Waals surface area contributed by atoms with Crippen LogP contribution in [0, 0.1) is 20.8 Å². The number of anilines is 1. The molecule has 0 radical (unpaired) electrons. The molecule has 2 heterocycles. The maximum atomic E-state index is 11.9. The molecule has 0 amide bonds. The van der Waals surface area contributed by atoms with Crippen molar-refractivity contribution in [3.8, 4) is 0 Å². The van der Waals surface area contributed by atoms with Gasteiger partial charge in [-0.25, -0.2) is 9.20 Å². The summed E-state index contributed by atoms with van der Waals surface area (Å²) >= 11 is 0. The van der Waals surface area contributed by atoms with Crippen molar-refractivity contribution in [2.75, 3.05) is 12.4 Å². The average molecular weight is 218 g/mol. The maximum absolute atomic E-state index is 11.9. The van der Waals surface area contributed by atoms with Gasteiger partial charge in [0.15, 0.2) is 0 Å². The van der Waals surface area contributed by atoms with Gasteiger partial charge in [0.1, 0.15) is 5.65 Å². The molecule has 0 saturated carbocycles. The fraction of sp³-hybridized carbons (Fsp3) is 0.364. The summed E-state index contributed by atoms with van der Waals surface area (Å²) < 4.78 is 1.55. The number of pyridine rings is 1. The molecule has 0 bridgehead atoms. The lowest BCUT2D eigenvalue weighted by molar-refractivity contribution is 0.895. The Morgan fingerprint density at radius 2 is 1.88 bits per heavy atom. The van der Waals surface area contributed by atoms with Crippen LogP contribution in [-0.2, 0) is 0 Å². The zero-order valence-corrected chi connectivity index (χ0v) is 9.83. The number of nitrogens with one attached hydrogen (secondary N) is 1. The van der Waals surface area contributed by atoms with Gasteiger partial charge in [0.2, 0.25) is 5.95 Å². The molecule has 5 heteroatoms. The van der Waals surface area contributed by atoms with Gasteiger partial charge in [0.25, 0.3) is 0 Å². The summed E-state index contributed by atoms with van der Waals surface area (Å²) in [7, 11) is 1.70. The number of fused-ring (bicyclic) bond motifs is 1. The Bertz CT molecular complexity index is 615. The Hall–Kier alpha value is -1.91. The molecule has 0 aliphatic rings. The predicted octanol–water partition coefficient (Wildman–Crippen LogP) is 1.06. The van der Waals surface area contributed by atoms with E-state index in [0.717, 1.165) is 16.8 Å². The first-order valence-corrected chi connectivity index (χ1v) is 5.10. The van der Waals surface area contributed by atoms with Crippen molar-refractivity contribution in [1.82, 2.24) is 14.4 Å². The summed E-state index contributed by atoms with van der Waals surface area (Å²) in [5, 5.41) is 2.79. The molecular weight excluding hydrogens is 204 g/mol. The zero-order chi connectivity index (χ0) is 11.9. The fourth-order valence-corrected chi connectivity index (χ4v) is 1.76. The van der Waals surface area contributed by atoms with Gasteiger partial charge < -0.3 is 5.32 Å². The molecule has 0 atom stereocenters. The van der Waals surface area contributed by atoms with Gasteiger partial charge in [-0.05, 0) is 31.9 Å². The molecule has 0 aromatic carbocycles. The summed E-state index contributed by atoms with van der Waals surface area (Å²) in [5.41, 5.74) is 3.28. The van der Waals surface area contributed by atoms with Crippen LogP contribution in [0.2, 0.25) is 0 Å². The number of hydrogen-bond acceptors (Lipinski definition) is 4. The third-order valence-corrected chi connectivity index (χ3v) is 2.73. The van der Waals surface area contributed by atoms with Gasteiger partial charge in [-0.2, -0.15) is 9.97 Å². The molecule has 84 valence electrons. The van der Waals surface area contributed by atoms with Crippen LogP contribution < -0.4 is 11.0 Å². The second-order valence-electron chi connectivity index (χ2n) is 3.83. The molecule has 5 nitrogen and oxygen atoms in total. The van der Waals surface area contributed by atoms with Crippen molar-refractivity contribution in [3.05, 3.63) is 33.4 Å². The smallest absolute Gasteiger partial charge is 0.356 e. The standard InChI is InChI=1S/C11H14N4O/c1-6-5-7(2)9-13-10(12-4)14-11(16)15(9)8(6)3/h5H,1-4H3,(H,12,14,16). The second-order valence-corrected chi connectivity index (χ2v) is 3.83. The Morgan fingerprint density at radius 3 is 2.50 bits per heavy atom. The average Bonchev–Trinajstić information content (AvgIpc) is 2.25. The summed E-state index contributed by atoms with van der Waals surface area (Å²) in [6, 6.07) is 2.02. The van der Waals surface area contributed by atoms with E-state index < -0.39 is 0 Å². The van der Waals surface area contributed by atoms with E-state index in [0.29, 0.717) is 11.6 Å². The minimum Gasteiger partial charge on any atom is -0.357 e. The Balaban J connectivity index is 3.00. The van der Waals surface area contributed by atoms with E-state index in [1.54, 1.807) is 11.4 Å². The lowest BCUT2D eigenvalue weighted by Crippen LogP contribution is -2.23. The van der Waals surface area contributed by atoms with Crippen molar-refractivity contribution < 1.29 is 0 Å². The van der Waals surface area contributed by atoms with E-state index in [2.05, 4.69) is 15.3 Å². The molecule has 2 rings (SSSR count). The van der Waals surface area contributed by atoms with Crippen LogP contribution in [0.4, 0.5) is 5.95 Å². The zero-order valence-electron chi connectivity index (χ0n) is 9.83. The number of aromatic nitrogens is 3. The highest BCUT2D eigenvalue weighted by molar-refractivity contribution is 5.52. The molecule has 0 aliphatic carbocycles. The normalized spacial score (nSPS) is 10.8. The molecule has 2 aromatic heterocycles. The summed E-state index contributed by atoms with van der Waals surface area (Å²) in [4.78, 5) is 20.0. The molecular formula is C11H14N4O. The Kier molecular flexibility index (Phi) is 2.38. The molecule has 1 N–H and O–H groups in total. The quantitative estimate of drug-likeness (QED) is 0.777. The number of nitrogens with zero attached hydrogens (tertiary/aromatic N) is 3. The number of rotatable bonds is 1. The van der Waals surface area contributed by atoms with E-state index in [1.165, 1.54) is 0 Å². The van der Waals surface area contributed by atoms with Gasteiger partial charge in [-0.3, -0.25) is 0 Å². The minimum atomic E-state index is -0.293. The van der Waals surface area contributed by atoms with E-state index in [-0.39, 0.29) is 5.69 Å². The monoisotopic (exact) mass is 218 g/mol. The lowest BCUT2D eigenvalue weighted by Gasteiger charge is -2.10. The third kappa shape index (κ3) is 1.44. The minimum absolute atomic E-state index is 0.293. The molecule has 0 aliphatic heterocycles. The highest BCUT2D eigenvalue weighted by atomic mass is 16.1. The summed E-state index contributed by atoms with van der Waals surface area (Å²) in [5.74, 6) is 0.358. The van der Waals surface area contributed by atoms with Gasteiger partial charge in [-0.15, -0.1) is 0 Å². The highest BCUT2D eigenvalue weighted by Gasteiger charge is 2.09. The van der Waals surface area contributed by atoms with Crippen LogP contribution in [-0.4, -0.2) is 21.4 Å². The van der Waals surface area contributed by atoms with Crippen LogP contribution in [0.5, 0.6) is 0 Å². The molecule has 16 heavy (non-hydrogen) atoms. The van der Waals surface area contributed by atoms with E-state index in [1.807, 2.05) is 26.8 Å². The van der Waals surface area contributed by atoms with Crippen LogP contribution in [0.3, 0.4) is 0 Å². The second kappa shape index (κ2) is 3.59. The molecule has 0 spiro atoms. The van der Waals surface area contributed by atoms with Crippen LogP contribution in [0.25, 0.3) is 5.65 Å². The van der Waals surface area contributed by atoms with Crippen LogP contribution >= 0.6 is 0 Å². The van der Waals surface area contributed by atoms with Crippen LogP contribution in [0.1, 0.15) is 16.8 Å². The first kappa shape index (κ1) is 10.6. The first-order chi connectivity index (χ1) is 7.54. The molecule has 0 saturated heterocycles. The topological polar surface area (TPSA) is 59.3 Å². The van der Waals surface area contributed by atoms with E-state index in [4.69, 9.17) is 0 Å². The summed E-state index contributed by atoms with van der Waals surface area (Å²) in [6.45, 7) is 5.80. The first-order valence-electron chi connectivity index (χ1n) is 5.10. The van der Waals surface area contributed by atoms with Crippen molar-refractivity contribution in [3.63, 3.8) is 0 Å². The fourth-order valence-electron chi connectivity index (χ4n) is 1.76. The highest BCUT2D eigenvalue weighted by Crippen LogP contribution is 2.13. The van der Waals surface area contributed by atoms with Crippen molar-refractivity contribution in [2.24, 2.45) is 0 Å².